The lowest BCUT2D eigenvalue weighted by atomic mass is 9.79. The molecular weight excluding hydrogens is 847 g/mol. The largest absolute Gasteiger partial charge is 0.481 e. The smallest absolute Gasteiger partial charge is 0.311 e. The molecule has 17 heteroatoms. The summed E-state index contributed by atoms with van der Waals surface area (Å²) in [7, 11) is 0. The summed E-state index contributed by atoms with van der Waals surface area (Å²) in [4.78, 5) is 37.8. The van der Waals surface area contributed by atoms with Gasteiger partial charge in [-0.15, -0.1) is 0 Å². The highest BCUT2D eigenvalue weighted by Gasteiger charge is 2.51. The molecular formula is C48H73NO16. The van der Waals surface area contributed by atoms with Crippen LogP contribution in [0.5, 0.6) is 0 Å². The Kier molecular flexibility index (Phi) is 23.3. The summed E-state index contributed by atoms with van der Waals surface area (Å²) in [5.41, 5.74) is 6.09. The first-order valence-electron chi connectivity index (χ1n) is 22.5. The van der Waals surface area contributed by atoms with Crippen molar-refractivity contribution in [3.63, 3.8) is 0 Å². The standard InChI is InChI=1S/C48H73NO16/c1-28-17-15-13-11-9-7-5-6-8-10-12-14-16-18-32(22-40-46(59)43(49)45(58)31(4)63-40)21-39-42(47(60)61)38(55)27-48(62,65-39)26-37(54)36(53)20-19-33(50)23-34(51)24-35(52)25-41(56)64-30(3)29(2)44(28)57/h5-18,28-32,34-40,42-46,51-55,57-59,62H,19-27,49H2,1-4H3,(H,60,61)/b6-5+,9-7+,10-8+,13-11+,14-12+,17-15+,18-16+/t28-,29-,30-,31?,32?,34?,35+,36+,37?,38-,39?,40?,42?,43?,44?,45?,46?,48?/m0/s1. The van der Waals surface area contributed by atoms with E-state index in [2.05, 4.69) is 0 Å². The number of carbonyl (C=O) groups excluding carboxylic acids is 2. The third-order valence-electron chi connectivity index (χ3n) is 12.4. The van der Waals surface area contributed by atoms with Gasteiger partial charge in [0.2, 0.25) is 0 Å². The Morgan fingerprint density at radius 1 is 0.692 bits per heavy atom. The second-order valence-corrected chi connectivity index (χ2v) is 17.9. The molecule has 0 saturated carbocycles. The summed E-state index contributed by atoms with van der Waals surface area (Å²) in [6.07, 6.45) is 7.08. The lowest BCUT2D eigenvalue weighted by Gasteiger charge is -2.45. The van der Waals surface area contributed by atoms with Crippen LogP contribution < -0.4 is 5.73 Å². The van der Waals surface area contributed by atoms with Crippen LogP contribution in [0.25, 0.3) is 0 Å². The van der Waals surface area contributed by atoms with Crippen LogP contribution in [0.3, 0.4) is 0 Å². The molecule has 17 nitrogen and oxygen atoms in total. The minimum absolute atomic E-state index is 0.0706. The average molecular weight is 920 g/mol. The summed E-state index contributed by atoms with van der Waals surface area (Å²) in [5, 5.41) is 108. The van der Waals surface area contributed by atoms with Crippen LogP contribution in [0.4, 0.5) is 0 Å². The molecule has 3 heterocycles. The summed E-state index contributed by atoms with van der Waals surface area (Å²) < 4.78 is 17.3. The van der Waals surface area contributed by atoms with Crippen molar-refractivity contribution in [3.8, 4) is 0 Å². The minimum atomic E-state index is -2.33. The third kappa shape index (κ3) is 18.5. The van der Waals surface area contributed by atoms with Crippen molar-refractivity contribution in [2.75, 3.05) is 0 Å². The average Bonchev–Trinajstić information content (AvgIpc) is 3.21. The number of carbonyl (C=O) groups is 3. The van der Waals surface area contributed by atoms with Gasteiger partial charge in [-0.05, 0) is 39.0 Å². The number of fused-ring (bicyclic) bond motifs is 2. The predicted molar refractivity (Wildman–Crippen MR) is 239 cm³/mol. The second-order valence-electron chi connectivity index (χ2n) is 17.9. The quantitative estimate of drug-likeness (QED) is 0.179. The van der Waals surface area contributed by atoms with Crippen LogP contribution >= 0.6 is 0 Å². The number of allylic oxidation sites excluding steroid dienone is 13. The Morgan fingerprint density at radius 3 is 1.82 bits per heavy atom. The number of hydrogen-bond donors (Lipinski definition) is 11. The monoisotopic (exact) mass is 919 g/mol. The topological polar surface area (TPSA) is 307 Å². The Morgan fingerprint density at radius 2 is 1.23 bits per heavy atom. The summed E-state index contributed by atoms with van der Waals surface area (Å²) in [6, 6.07) is -1.03. The first-order valence-corrected chi connectivity index (χ1v) is 22.5. The van der Waals surface area contributed by atoms with Gasteiger partial charge in [0.05, 0.1) is 79.6 Å². The maximum atomic E-state index is 12.7. The predicted octanol–water partition coefficient (Wildman–Crippen LogP) is 1.58. The second kappa shape index (κ2) is 27.2. The molecule has 12 N–H and O–H groups in total. The molecule has 2 fully saturated rings. The van der Waals surface area contributed by atoms with Gasteiger partial charge in [0.15, 0.2) is 5.79 Å². The third-order valence-corrected chi connectivity index (χ3v) is 12.4. The van der Waals surface area contributed by atoms with Crippen LogP contribution in [0.1, 0.15) is 85.5 Å². The lowest BCUT2D eigenvalue weighted by molar-refractivity contribution is -0.301. The number of esters is 1. The van der Waals surface area contributed by atoms with E-state index < -0.39 is 146 Å². The van der Waals surface area contributed by atoms with Crippen molar-refractivity contribution in [3.05, 3.63) is 85.1 Å². The molecule has 12 unspecified atom stereocenters. The molecule has 0 aromatic rings. The van der Waals surface area contributed by atoms with Crippen molar-refractivity contribution in [2.24, 2.45) is 29.4 Å². The van der Waals surface area contributed by atoms with Gasteiger partial charge in [-0.2, -0.15) is 0 Å². The van der Waals surface area contributed by atoms with Crippen LogP contribution in [0.2, 0.25) is 0 Å². The van der Waals surface area contributed by atoms with Gasteiger partial charge in [-0.1, -0.05) is 98.9 Å². The van der Waals surface area contributed by atoms with E-state index in [-0.39, 0.29) is 38.0 Å². The molecule has 0 spiro atoms. The van der Waals surface area contributed by atoms with E-state index in [1.54, 1.807) is 75.5 Å². The number of carboxylic acids is 1. The first kappa shape index (κ1) is 55.6. The van der Waals surface area contributed by atoms with Crippen molar-refractivity contribution in [2.45, 2.75) is 171 Å². The Balaban J connectivity index is 1.86. The molecule has 366 valence electrons. The maximum absolute atomic E-state index is 12.7. The highest BCUT2D eigenvalue weighted by atomic mass is 16.6. The summed E-state index contributed by atoms with van der Waals surface area (Å²) in [6.45, 7) is 6.80. The van der Waals surface area contributed by atoms with Crippen molar-refractivity contribution in [1.29, 1.82) is 0 Å². The molecule has 18 atom stereocenters. The number of ketones is 1. The fourth-order valence-electron chi connectivity index (χ4n) is 8.34. The van der Waals surface area contributed by atoms with Gasteiger partial charge in [0, 0.05) is 43.9 Å². The number of rotatable bonds is 3. The number of Topliss-reactive ketones (excluding diaryl/α,β-unsaturated/α-hetero) is 1. The van der Waals surface area contributed by atoms with Crippen molar-refractivity contribution < 1.29 is 79.7 Å². The number of cyclic esters (lactones) is 1. The Hall–Kier alpha value is -3.69. The molecule has 0 aliphatic carbocycles. The molecule has 3 rings (SSSR count). The number of aliphatic hydroxyl groups is 9. The summed E-state index contributed by atoms with van der Waals surface area (Å²) >= 11 is 0. The number of aliphatic hydroxyl groups excluding tert-OH is 8. The van der Waals surface area contributed by atoms with Gasteiger partial charge in [-0.3, -0.25) is 14.4 Å². The van der Waals surface area contributed by atoms with Gasteiger partial charge >= 0.3 is 11.9 Å². The number of hydrogen-bond acceptors (Lipinski definition) is 16. The zero-order valence-electron chi connectivity index (χ0n) is 37.8. The highest BCUT2D eigenvalue weighted by Crippen LogP contribution is 2.39. The van der Waals surface area contributed by atoms with Crippen LogP contribution in [0.15, 0.2) is 85.1 Å². The molecule has 3 aliphatic heterocycles. The van der Waals surface area contributed by atoms with E-state index in [4.69, 9.17) is 19.9 Å². The van der Waals surface area contributed by atoms with E-state index in [0.717, 1.165) is 0 Å². The lowest BCUT2D eigenvalue weighted by Crippen LogP contribution is -2.60. The number of ether oxygens (including phenoxy) is 3. The van der Waals surface area contributed by atoms with Crippen LogP contribution in [0, 0.1) is 23.7 Å². The van der Waals surface area contributed by atoms with Gasteiger partial charge in [0.1, 0.15) is 17.8 Å². The minimum Gasteiger partial charge on any atom is -0.481 e. The van der Waals surface area contributed by atoms with Crippen molar-refractivity contribution >= 4 is 17.7 Å². The Bertz CT molecular complexity index is 1710. The van der Waals surface area contributed by atoms with Gasteiger partial charge in [-0.25, -0.2) is 0 Å². The SMILES string of the molecule is CC1OC(CC2/C=C/C=C/C=C/C=C/C=C/C=C/C=C/[C@H](C)C(O)[C@@H](C)[C@H](C)OC(=O)C[C@H](O)CC(O)CC(=O)CC[C@@H](O)C(O)CC3(O)C[C@H](O)C(C(=O)O)C(C2)O3)C(O)C(N)C1O. The van der Waals surface area contributed by atoms with E-state index in [9.17, 15) is 65.4 Å². The molecule has 0 radical (unpaired) electrons. The van der Waals surface area contributed by atoms with Crippen LogP contribution in [-0.2, 0) is 28.6 Å². The summed E-state index contributed by atoms with van der Waals surface area (Å²) in [5.74, 6) is -7.90. The van der Waals surface area contributed by atoms with E-state index in [0.29, 0.717) is 0 Å². The molecule has 3 aliphatic rings. The molecule has 0 aromatic carbocycles. The zero-order valence-corrected chi connectivity index (χ0v) is 37.8. The van der Waals surface area contributed by atoms with Gasteiger partial charge in [0.25, 0.3) is 0 Å². The molecule has 0 amide bonds. The molecule has 2 saturated heterocycles. The molecule has 65 heavy (non-hydrogen) atoms. The van der Waals surface area contributed by atoms with Crippen molar-refractivity contribution in [1.82, 2.24) is 0 Å². The number of carboxylic acid groups (broad SMARTS) is 1. The number of aliphatic carboxylic acids is 1. The van der Waals surface area contributed by atoms with Crippen LogP contribution in [-0.4, -0.2) is 154 Å². The Labute approximate surface area is 381 Å². The van der Waals surface area contributed by atoms with Gasteiger partial charge < -0.3 is 71.0 Å². The van der Waals surface area contributed by atoms with E-state index >= 15 is 0 Å². The number of nitrogens with two attached hydrogens (primary N) is 1. The van der Waals surface area contributed by atoms with E-state index in [1.807, 2.05) is 37.3 Å². The first-order chi connectivity index (χ1) is 30.6. The zero-order chi connectivity index (χ0) is 48.4. The fourth-order valence-corrected chi connectivity index (χ4v) is 8.34. The normalized spacial score (nSPS) is 44.4. The highest BCUT2D eigenvalue weighted by molar-refractivity contribution is 5.79. The molecule has 0 aromatic heterocycles. The maximum Gasteiger partial charge on any atom is 0.311 e. The molecule has 2 bridgehead atoms. The fraction of sp³-hybridized carbons (Fsp3) is 0.646. The van der Waals surface area contributed by atoms with E-state index in [1.165, 1.54) is 0 Å².